The van der Waals surface area contributed by atoms with Crippen LogP contribution in [0.4, 0.5) is 0 Å². The molecular formula is C11H19BrCaO. The third-order valence-electron chi connectivity index (χ3n) is 2.02. The van der Waals surface area contributed by atoms with Crippen molar-refractivity contribution in [3.05, 3.63) is 29.3 Å². The largest absolute Gasteiger partial charge is 2.00 e. The van der Waals surface area contributed by atoms with Crippen molar-refractivity contribution in [1.82, 2.24) is 0 Å². The van der Waals surface area contributed by atoms with E-state index in [-0.39, 0.29) is 63.0 Å². The maximum absolute atomic E-state index is 9.20. The molecule has 14 heavy (non-hydrogen) atoms. The van der Waals surface area contributed by atoms with Crippen LogP contribution in [0.3, 0.4) is 0 Å². The summed E-state index contributed by atoms with van der Waals surface area (Å²) in [4.78, 5) is 0. The molecule has 78 valence electrons. The van der Waals surface area contributed by atoms with Crippen molar-refractivity contribution in [2.24, 2.45) is 0 Å². The molecule has 0 radical (unpaired) electrons. The maximum Gasteiger partial charge on any atom is 2.00 e. The first-order valence-corrected chi connectivity index (χ1v) is 4.21. The molecule has 0 saturated heterocycles. The Labute approximate surface area is 130 Å². The van der Waals surface area contributed by atoms with Gasteiger partial charge in [-0.1, -0.05) is 26.8 Å². The number of hydrogen-bond donors (Lipinski definition) is 1. The Hall–Kier alpha value is 0.760. The van der Waals surface area contributed by atoms with E-state index < -0.39 is 0 Å². The molecule has 0 unspecified atom stereocenters. The molecule has 0 aliphatic heterocycles. The molecule has 0 aliphatic carbocycles. The maximum atomic E-state index is 9.20. The van der Waals surface area contributed by atoms with E-state index in [9.17, 15) is 5.11 Å². The Morgan fingerprint density at radius 1 is 1.21 bits per heavy atom. The van der Waals surface area contributed by atoms with Crippen LogP contribution >= 0.6 is 17.0 Å². The van der Waals surface area contributed by atoms with E-state index >= 15 is 0 Å². The van der Waals surface area contributed by atoms with Crippen LogP contribution in [0.15, 0.2) is 18.2 Å². The molecule has 0 aromatic heterocycles. The van der Waals surface area contributed by atoms with Crippen molar-refractivity contribution in [2.45, 2.75) is 33.1 Å². The Bertz CT molecular complexity index is 301. The first-order valence-electron chi connectivity index (χ1n) is 4.21. The zero-order valence-corrected chi connectivity index (χ0v) is 13.2. The van der Waals surface area contributed by atoms with Gasteiger partial charge in [0.15, 0.2) is 0 Å². The predicted octanol–water partition coefficient (Wildman–Crippen LogP) is 3.42. The minimum Gasteiger partial charge on any atom is -1.00 e. The van der Waals surface area contributed by atoms with Gasteiger partial charge in [0.2, 0.25) is 0 Å². The van der Waals surface area contributed by atoms with Gasteiger partial charge in [-0.05, 0) is 35.6 Å². The second-order valence-electron chi connectivity index (χ2n) is 4.25. The molecule has 1 N–H and O–H groups in total. The molecule has 1 rings (SSSR count). The summed E-state index contributed by atoms with van der Waals surface area (Å²) in [6, 6.07) is 5.54. The van der Waals surface area contributed by atoms with E-state index in [0.717, 1.165) is 5.56 Å². The third-order valence-corrected chi connectivity index (χ3v) is 2.02. The minimum absolute atomic E-state index is 0. The van der Waals surface area contributed by atoms with Crippen molar-refractivity contribution in [2.75, 3.05) is 0 Å². The average molecular weight is 287 g/mol. The van der Waals surface area contributed by atoms with E-state index in [0.29, 0.717) is 5.75 Å². The molecule has 1 nitrogen and oxygen atoms in total. The van der Waals surface area contributed by atoms with E-state index in [1.54, 1.807) is 12.1 Å². The minimum atomic E-state index is 0. The summed E-state index contributed by atoms with van der Waals surface area (Å²) in [6.07, 6.45) is 0. The van der Waals surface area contributed by atoms with Gasteiger partial charge >= 0.3 is 37.7 Å². The molecule has 0 bridgehead atoms. The fourth-order valence-corrected chi connectivity index (χ4v) is 1.49. The monoisotopic (exact) mass is 286 g/mol. The van der Waals surface area contributed by atoms with E-state index in [4.69, 9.17) is 0 Å². The van der Waals surface area contributed by atoms with Crippen LogP contribution in [0.5, 0.6) is 5.75 Å². The van der Waals surface area contributed by atoms with Gasteiger partial charge in [0, 0.05) is 0 Å². The SMILES string of the molecule is Br.Cc1cc(O)ccc1C(C)(C)C.[Ca+2].[H-].[H-]. The fourth-order valence-electron chi connectivity index (χ4n) is 1.49. The fraction of sp³-hybridized carbons (Fsp3) is 0.455. The van der Waals surface area contributed by atoms with Gasteiger partial charge in [-0.2, -0.15) is 0 Å². The van der Waals surface area contributed by atoms with Gasteiger partial charge in [-0.25, -0.2) is 0 Å². The van der Waals surface area contributed by atoms with Crippen LogP contribution in [-0.4, -0.2) is 42.8 Å². The van der Waals surface area contributed by atoms with Gasteiger partial charge in [0.1, 0.15) is 5.75 Å². The van der Waals surface area contributed by atoms with Crippen molar-refractivity contribution < 1.29 is 7.96 Å². The van der Waals surface area contributed by atoms with Crippen LogP contribution in [0, 0.1) is 6.92 Å². The number of rotatable bonds is 0. The van der Waals surface area contributed by atoms with Gasteiger partial charge in [0.05, 0.1) is 0 Å². The second kappa shape index (κ2) is 6.37. The summed E-state index contributed by atoms with van der Waals surface area (Å²) in [5.74, 6) is 0.348. The van der Waals surface area contributed by atoms with Gasteiger partial charge < -0.3 is 7.96 Å². The predicted molar refractivity (Wildman–Crippen MR) is 69.8 cm³/mol. The van der Waals surface area contributed by atoms with E-state index in [1.807, 2.05) is 13.0 Å². The van der Waals surface area contributed by atoms with E-state index in [1.165, 1.54) is 5.56 Å². The van der Waals surface area contributed by atoms with E-state index in [2.05, 4.69) is 20.8 Å². The molecule has 0 fully saturated rings. The molecule has 0 amide bonds. The molecule has 3 heteroatoms. The summed E-state index contributed by atoms with van der Waals surface area (Å²) in [7, 11) is 0. The van der Waals surface area contributed by atoms with Crippen LogP contribution < -0.4 is 0 Å². The van der Waals surface area contributed by atoms with Crippen LogP contribution in [0.1, 0.15) is 34.8 Å². The first kappa shape index (κ1) is 17.2. The Morgan fingerprint density at radius 3 is 2.07 bits per heavy atom. The van der Waals surface area contributed by atoms with Gasteiger partial charge in [-0.15, -0.1) is 17.0 Å². The number of aromatic hydroxyl groups is 1. The Balaban J connectivity index is -0.000000180. The molecule has 0 aliphatic rings. The van der Waals surface area contributed by atoms with Crippen molar-refractivity contribution in [3.8, 4) is 5.75 Å². The standard InChI is InChI=1S/C11H16O.BrH.Ca.2H/c1-8-7-9(12)5-6-10(8)11(2,3)4;;;;/h5-7,12H,1-4H3;1H;;;/q;;+2;2*-1. The summed E-state index contributed by atoms with van der Waals surface area (Å²) in [5.41, 5.74) is 2.61. The number of benzene rings is 1. The summed E-state index contributed by atoms with van der Waals surface area (Å²) in [5, 5.41) is 9.20. The van der Waals surface area contributed by atoms with Crippen LogP contribution in [0.25, 0.3) is 0 Å². The van der Waals surface area contributed by atoms with Crippen molar-refractivity contribution >= 4 is 54.7 Å². The van der Waals surface area contributed by atoms with Gasteiger partial charge in [-0.3, -0.25) is 0 Å². The smallest absolute Gasteiger partial charge is 1.00 e. The van der Waals surface area contributed by atoms with Crippen molar-refractivity contribution in [1.29, 1.82) is 0 Å². The first-order chi connectivity index (χ1) is 5.41. The topological polar surface area (TPSA) is 20.2 Å². The Kier molecular flexibility index (Phi) is 7.80. The number of halogens is 1. The zero-order valence-electron chi connectivity index (χ0n) is 11.3. The summed E-state index contributed by atoms with van der Waals surface area (Å²) < 4.78 is 0. The Morgan fingerprint density at radius 2 is 1.71 bits per heavy atom. The summed E-state index contributed by atoms with van der Waals surface area (Å²) in [6.45, 7) is 8.55. The van der Waals surface area contributed by atoms with Gasteiger partial charge in [0.25, 0.3) is 0 Å². The molecule has 1 aromatic rings. The molecular weight excluding hydrogens is 268 g/mol. The zero-order chi connectivity index (χ0) is 9.35. The normalized spacial score (nSPS) is 10.0. The second-order valence-corrected chi connectivity index (χ2v) is 4.25. The summed E-state index contributed by atoms with van der Waals surface area (Å²) >= 11 is 0. The number of phenolic OH excluding ortho intramolecular Hbond substituents is 1. The molecule has 0 heterocycles. The number of aryl methyl sites for hydroxylation is 1. The number of phenols is 1. The van der Waals surface area contributed by atoms with Crippen molar-refractivity contribution in [3.63, 3.8) is 0 Å². The number of hydrogen-bond acceptors (Lipinski definition) is 1. The molecule has 1 aromatic carbocycles. The third kappa shape index (κ3) is 4.52. The quantitative estimate of drug-likeness (QED) is 0.725. The van der Waals surface area contributed by atoms with Crippen LogP contribution in [-0.2, 0) is 5.41 Å². The average Bonchev–Trinajstić information content (AvgIpc) is 1.83. The molecule has 0 saturated carbocycles. The van der Waals surface area contributed by atoms with Crippen LogP contribution in [0.2, 0.25) is 0 Å². The molecule has 0 atom stereocenters. The molecule has 0 spiro atoms.